The second-order valence-corrected chi connectivity index (χ2v) is 10.3. The summed E-state index contributed by atoms with van der Waals surface area (Å²) < 4.78 is 29.3. The van der Waals surface area contributed by atoms with Crippen LogP contribution in [0.2, 0.25) is 0 Å². The molecule has 1 unspecified atom stereocenters. The maximum atomic E-state index is 12.9. The summed E-state index contributed by atoms with van der Waals surface area (Å²) in [7, 11) is -3.45. The molecule has 0 spiro atoms. The lowest BCUT2D eigenvalue weighted by Crippen LogP contribution is -2.40. The predicted octanol–water partition coefficient (Wildman–Crippen LogP) is 2.42. The molecule has 0 radical (unpaired) electrons. The van der Waals surface area contributed by atoms with E-state index in [2.05, 4.69) is 17.1 Å². The van der Waals surface area contributed by atoms with Gasteiger partial charge in [0.1, 0.15) is 6.54 Å². The Labute approximate surface area is 179 Å². The molecule has 0 aliphatic carbocycles. The van der Waals surface area contributed by atoms with Crippen molar-refractivity contribution < 1.29 is 13.2 Å². The maximum absolute atomic E-state index is 12.9. The minimum atomic E-state index is -3.45. The minimum Gasteiger partial charge on any atom is -0.353 e. The summed E-state index contributed by atoms with van der Waals surface area (Å²) in [6, 6.07) is 7.52. The molecule has 3 heterocycles. The number of aromatic nitrogens is 1. The first-order valence-electron chi connectivity index (χ1n) is 11.1. The lowest BCUT2D eigenvalue weighted by Gasteiger charge is -2.25. The number of hydrogen-bond donors (Lipinski definition) is 1. The van der Waals surface area contributed by atoms with Crippen LogP contribution in [0.4, 0.5) is 0 Å². The Morgan fingerprint density at radius 1 is 1.10 bits per heavy atom. The summed E-state index contributed by atoms with van der Waals surface area (Å²) in [6.45, 7) is 6.40. The van der Waals surface area contributed by atoms with Crippen molar-refractivity contribution in [2.75, 3.05) is 32.7 Å². The Bertz CT molecular complexity index is 995. The SMILES string of the molecule is CCN1CCCC1CNC(=O)Cn1ccc2cc(S(=O)(=O)N3CCCCC3)ccc21. The molecule has 164 valence electrons. The number of benzene rings is 1. The van der Waals surface area contributed by atoms with E-state index in [1.165, 1.54) is 6.42 Å². The van der Waals surface area contributed by atoms with Gasteiger partial charge in [-0.15, -0.1) is 0 Å². The lowest BCUT2D eigenvalue weighted by molar-refractivity contribution is -0.121. The maximum Gasteiger partial charge on any atom is 0.243 e. The molecular formula is C22H32N4O3S. The highest BCUT2D eigenvalue weighted by atomic mass is 32.2. The minimum absolute atomic E-state index is 0.0135. The van der Waals surface area contributed by atoms with Crippen LogP contribution < -0.4 is 5.32 Å². The number of carbonyl (C=O) groups excluding carboxylic acids is 1. The van der Waals surface area contributed by atoms with E-state index in [9.17, 15) is 13.2 Å². The number of hydrogen-bond acceptors (Lipinski definition) is 4. The van der Waals surface area contributed by atoms with Gasteiger partial charge < -0.3 is 9.88 Å². The second-order valence-electron chi connectivity index (χ2n) is 8.36. The first-order chi connectivity index (χ1) is 14.5. The van der Waals surface area contributed by atoms with Crippen molar-refractivity contribution in [3.05, 3.63) is 30.5 Å². The van der Waals surface area contributed by atoms with Gasteiger partial charge >= 0.3 is 0 Å². The number of likely N-dealkylation sites (tertiary alicyclic amines) is 1. The van der Waals surface area contributed by atoms with E-state index in [0.29, 0.717) is 30.6 Å². The molecule has 0 bridgehead atoms. The number of piperidine rings is 1. The molecule has 2 saturated heterocycles. The van der Waals surface area contributed by atoms with Crippen molar-refractivity contribution in [1.82, 2.24) is 19.1 Å². The molecule has 4 rings (SSSR count). The van der Waals surface area contributed by atoms with Gasteiger partial charge in [0.05, 0.1) is 4.90 Å². The van der Waals surface area contributed by atoms with Crippen molar-refractivity contribution in [3.63, 3.8) is 0 Å². The molecule has 1 amide bonds. The van der Waals surface area contributed by atoms with Gasteiger partial charge in [-0.2, -0.15) is 4.31 Å². The summed E-state index contributed by atoms with van der Waals surface area (Å²) in [5.41, 5.74) is 0.874. The van der Waals surface area contributed by atoms with Crippen molar-refractivity contribution >= 4 is 26.8 Å². The zero-order valence-electron chi connectivity index (χ0n) is 17.7. The van der Waals surface area contributed by atoms with Crippen molar-refractivity contribution in [2.24, 2.45) is 0 Å². The number of nitrogens with zero attached hydrogens (tertiary/aromatic N) is 3. The van der Waals surface area contributed by atoms with Crippen LogP contribution in [-0.4, -0.2) is 66.9 Å². The smallest absolute Gasteiger partial charge is 0.243 e. The topological polar surface area (TPSA) is 74.6 Å². The van der Waals surface area contributed by atoms with Gasteiger partial charge in [0.15, 0.2) is 0 Å². The predicted molar refractivity (Wildman–Crippen MR) is 118 cm³/mol. The van der Waals surface area contributed by atoms with Crippen molar-refractivity contribution in [2.45, 2.75) is 56.5 Å². The van der Waals surface area contributed by atoms with Crippen LogP contribution in [0.3, 0.4) is 0 Å². The molecule has 2 aliphatic heterocycles. The normalized spacial score (nSPS) is 21.3. The van der Waals surface area contributed by atoms with E-state index in [1.807, 2.05) is 22.9 Å². The third-order valence-corrected chi connectivity index (χ3v) is 8.34. The van der Waals surface area contributed by atoms with Crippen LogP contribution in [0.5, 0.6) is 0 Å². The molecule has 0 saturated carbocycles. The van der Waals surface area contributed by atoms with Gasteiger partial charge in [0, 0.05) is 42.8 Å². The van der Waals surface area contributed by atoms with E-state index < -0.39 is 10.0 Å². The zero-order chi connectivity index (χ0) is 21.1. The summed E-state index contributed by atoms with van der Waals surface area (Å²) in [5, 5.41) is 3.91. The highest BCUT2D eigenvalue weighted by Gasteiger charge is 2.26. The number of carbonyl (C=O) groups is 1. The van der Waals surface area contributed by atoms with Gasteiger partial charge in [-0.1, -0.05) is 13.3 Å². The number of sulfonamides is 1. The third-order valence-electron chi connectivity index (χ3n) is 6.45. The highest BCUT2D eigenvalue weighted by molar-refractivity contribution is 7.89. The summed E-state index contributed by atoms with van der Waals surface area (Å²) in [4.78, 5) is 15.2. The lowest BCUT2D eigenvalue weighted by atomic mass is 10.2. The van der Waals surface area contributed by atoms with E-state index in [1.54, 1.807) is 16.4 Å². The van der Waals surface area contributed by atoms with Crippen molar-refractivity contribution in [3.8, 4) is 0 Å². The van der Waals surface area contributed by atoms with Crippen LogP contribution in [-0.2, 0) is 21.4 Å². The average molecular weight is 433 g/mol. The zero-order valence-corrected chi connectivity index (χ0v) is 18.5. The number of rotatable bonds is 7. The summed E-state index contributed by atoms with van der Waals surface area (Å²) >= 11 is 0. The molecule has 2 aliphatic rings. The highest BCUT2D eigenvalue weighted by Crippen LogP contribution is 2.25. The Balaban J connectivity index is 1.43. The third kappa shape index (κ3) is 4.40. The Morgan fingerprint density at radius 3 is 2.67 bits per heavy atom. The number of amides is 1. The Morgan fingerprint density at radius 2 is 1.90 bits per heavy atom. The quantitative estimate of drug-likeness (QED) is 0.729. The molecule has 2 fully saturated rings. The van der Waals surface area contributed by atoms with Crippen LogP contribution in [0, 0.1) is 0 Å². The molecule has 7 nitrogen and oxygen atoms in total. The molecule has 30 heavy (non-hydrogen) atoms. The largest absolute Gasteiger partial charge is 0.353 e. The first kappa shape index (κ1) is 21.3. The van der Waals surface area contributed by atoms with Crippen LogP contribution >= 0.6 is 0 Å². The summed E-state index contributed by atoms with van der Waals surface area (Å²) in [6.07, 6.45) is 7.12. The van der Waals surface area contributed by atoms with Gasteiger partial charge in [-0.3, -0.25) is 9.69 Å². The molecule has 8 heteroatoms. The fraction of sp³-hybridized carbons (Fsp3) is 0.591. The van der Waals surface area contributed by atoms with Gasteiger partial charge in [0.25, 0.3) is 0 Å². The van der Waals surface area contributed by atoms with Crippen molar-refractivity contribution in [1.29, 1.82) is 0 Å². The van der Waals surface area contributed by atoms with E-state index in [-0.39, 0.29) is 12.5 Å². The van der Waals surface area contributed by atoms with Gasteiger partial charge in [-0.05, 0) is 63.0 Å². The number of nitrogens with one attached hydrogen (secondary N) is 1. The fourth-order valence-corrected chi connectivity index (χ4v) is 6.27. The molecule has 2 aromatic rings. The van der Waals surface area contributed by atoms with Gasteiger partial charge in [0.2, 0.25) is 15.9 Å². The molecule has 1 N–H and O–H groups in total. The van der Waals surface area contributed by atoms with Gasteiger partial charge in [-0.25, -0.2) is 8.42 Å². The van der Waals surface area contributed by atoms with Crippen LogP contribution in [0.1, 0.15) is 39.0 Å². The standard InChI is InChI=1S/C22H32N4O3S/c1-2-24-11-6-7-19(24)16-23-22(27)17-25-14-10-18-15-20(8-9-21(18)25)30(28,29)26-12-4-3-5-13-26/h8-10,14-15,19H,2-7,11-13,16-17H2,1H3,(H,23,27). The first-order valence-corrected chi connectivity index (χ1v) is 12.5. The summed E-state index contributed by atoms with van der Waals surface area (Å²) in [5.74, 6) is -0.0135. The molecule has 1 atom stereocenters. The average Bonchev–Trinajstić information content (AvgIpc) is 3.39. The molecule has 1 aromatic carbocycles. The monoisotopic (exact) mass is 432 g/mol. The number of fused-ring (bicyclic) bond motifs is 1. The van der Waals surface area contributed by atoms with E-state index >= 15 is 0 Å². The van der Waals surface area contributed by atoms with E-state index in [0.717, 1.165) is 49.7 Å². The fourth-order valence-electron chi connectivity index (χ4n) is 4.72. The van der Waals surface area contributed by atoms with Crippen LogP contribution in [0.15, 0.2) is 35.4 Å². The van der Waals surface area contributed by atoms with Crippen LogP contribution in [0.25, 0.3) is 10.9 Å². The van der Waals surface area contributed by atoms with E-state index in [4.69, 9.17) is 0 Å². The second kappa shape index (κ2) is 9.08. The Hall–Kier alpha value is -1.90. The molecular weight excluding hydrogens is 400 g/mol. The Kier molecular flexibility index (Phi) is 6.46. The number of likely N-dealkylation sites (N-methyl/N-ethyl adjacent to an activating group) is 1. The molecule has 1 aromatic heterocycles.